The van der Waals surface area contributed by atoms with Crippen LogP contribution in [0.3, 0.4) is 0 Å². The number of nitrogens with zero attached hydrogens (tertiary/aromatic N) is 2. The number of carboxylic acids is 1. The second-order valence-electron chi connectivity index (χ2n) is 3.63. The minimum atomic E-state index is -3.93. The van der Waals surface area contributed by atoms with Gasteiger partial charge in [0.1, 0.15) is 9.77 Å². The van der Waals surface area contributed by atoms with Crippen molar-refractivity contribution in [2.24, 2.45) is 7.05 Å². The van der Waals surface area contributed by atoms with E-state index in [1.54, 1.807) is 0 Å². The van der Waals surface area contributed by atoms with E-state index in [0.717, 1.165) is 22.2 Å². The number of halogens is 2. The Balaban J connectivity index is 2.43. The number of sulfonamides is 1. The minimum Gasteiger partial charge on any atom is -0.477 e. The minimum absolute atomic E-state index is 0.0353. The number of aromatic nitrogens is 2. The number of thiophene rings is 1. The van der Waals surface area contributed by atoms with Gasteiger partial charge in [-0.15, -0.1) is 11.3 Å². The Bertz CT molecular complexity index is 764. The van der Waals surface area contributed by atoms with Crippen molar-refractivity contribution in [1.29, 1.82) is 0 Å². The zero-order valence-corrected chi connectivity index (χ0v) is 13.8. The number of anilines is 1. The number of hydrogen-bond donors (Lipinski definition) is 2. The number of carboxylic acid groups (broad SMARTS) is 1. The third-order valence-electron chi connectivity index (χ3n) is 2.29. The molecule has 0 radical (unpaired) electrons. The fraction of sp³-hybridized carbons (Fsp3) is 0.111. The van der Waals surface area contributed by atoms with Crippen molar-refractivity contribution in [3.05, 3.63) is 26.6 Å². The molecule has 0 saturated heterocycles. The van der Waals surface area contributed by atoms with E-state index in [4.69, 9.17) is 16.7 Å². The molecule has 2 aromatic heterocycles. The number of hydrogen-bond acceptors (Lipinski definition) is 5. The van der Waals surface area contributed by atoms with Crippen molar-refractivity contribution in [3.8, 4) is 0 Å². The first kappa shape index (κ1) is 15.3. The molecular weight excluding hydrogens is 394 g/mol. The third-order valence-corrected chi connectivity index (χ3v) is 6.57. The van der Waals surface area contributed by atoms with Crippen LogP contribution in [0.15, 0.2) is 20.3 Å². The van der Waals surface area contributed by atoms with Crippen LogP contribution >= 0.6 is 38.9 Å². The van der Waals surface area contributed by atoms with E-state index in [-0.39, 0.29) is 20.6 Å². The Labute approximate surface area is 131 Å². The van der Waals surface area contributed by atoms with Crippen LogP contribution in [0.1, 0.15) is 10.4 Å². The van der Waals surface area contributed by atoms with Crippen LogP contribution in [-0.4, -0.2) is 29.3 Å². The first-order chi connectivity index (χ1) is 9.22. The summed E-state index contributed by atoms with van der Waals surface area (Å²) < 4.78 is 28.1. The van der Waals surface area contributed by atoms with Gasteiger partial charge in [-0.2, -0.15) is 5.10 Å². The van der Waals surface area contributed by atoms with Gasteiger partial charge in [0.15, 0.2) is 5.82 Å². The normalized spacial score (nSPS) is 11.6. The van der Waals surface area contributed by atoms with E-state index in [0.29, 0.717) is 3.79 Å². The van der Waals surface area contributed by atoms with E-state index in [2.05, 4.69) is 25.8 Å². The van der Waals surface area contributed by atoms with Gasteiger partial charge in [-0.3, -0.25) is 9.40 Å². The van der Waals surface area contributed by atoms with Crippen molar-refractivity contribution in [2.75, 3.05) is 4.72 Å². The van der Waals surface area contributed by atoms with Gasteiger partial charge in [0, 0.05) is 7.05 Å². The van der Waals surface area contributed by atoms with Gasteiger partial charge in [0.05, 0.1) is 15.0 Å². The highest BCUT2D eigenvalue weighted by atomic mass is 79.9. The lowest BCUT2D eigenvalue weighted by atomic mass is 10.3. The SMILES string of the molecule is Cn1ncc(C(=O)O)c1NS(=O)(=O)c1cc(Cl)c(Br)s1. The van der Waals surface area contributed by atoms with Crippen molar-refractivity contribution in [1.82, 2.24) is 9.78 Å². The fourth-order valence-electron chi connectivity index (χ4n) is 1.35. The molecule has 0 unspecified atom stereocenters. The van der Waals surface area contributed by atoms with E-state index >= 15 is 0 Å². The zero-order valence-electron chi connectivity index (χ0n) is 9.79. The van der Waals surface area contributed by atoms with E-state index < -0.39 is 16.0 Å². The number of nitrogens with one attached hydrogen (secondary N) is 1. The lowest BCUT2D eigenvalue weighted by Crippen LogP contribution is -2.16. The van der Waals surface area contributed by atoms with Crippen LogP contribution in [0, 0.1) is 0 Å². The second-order valence-corrected chi connectivity index (χ2v) is 8.31. The largest absolute Gasteiger partial charge is 0.477 e. The first-order valence-electron chi connectivity index (χ1n) is 4.95. The quantitative estimate of drug-likeness (QED) is 0.820. The van der Waals surface area contributed by atoms with Crippen molar-refractivity contribution in [2.45, 2.75) is 4.21 Å². The molecule has 0 amide bonds. The predicted molar refractivity (Wildman–Crippen MR) is 78.0 cm³/mol. The Kier molecular flexibility index (Phi) is 4.09. The Morgan fingerprint density at radius 1 is 1.60 bits per heavy atom. The molecule has 0 atom stereocenters. The summed E-state index contributed by atoms with van der Waals surface area (Å²) in [6.07, 6.45) is 1.07. The standard InChI is InChI=1S/C9H7BrClN3O4S2/c1-14-8(4(3-12-14)9(15)16)13-20(17,18)6-2-5(11)7(10)19-6/h2-3,13H,1H3,(H,15,16). The fourth-order valence-corrected chi connectivity index (χ4v) is 4.86. The molecule has 0 aliphatic rings. The molecule has 2 N–H and O–H groups in total. The molecule has 0 saturated carbocycles. The molecule has 20 heavy (non-hydrogen) atoms. The Hall–Kier alpha value is -1.10. The molecule has 2 rings (SSSR count). The molecule has 0 aliphatic carbocycles. The number of aryl methyl sites for hydroxylation is 1. The number of aromatic carboxylic acids is 1. The Morgan fingerprint density at radius 3 is 2.75 bits per heavy atom. The van der Waals surface area contributed by atoms with Gasteiger partial charge in [-0.05, 0) is 22.0 Å². The van der Waals surface area contributed by atoms with Crippen LogP contribution in [0.5, 0.6) is 0 Å². The zero-order chi connectivity index (χ0) is 15.1. The van der Waals surface area contributed by atoms with E-state index in [1.807, 2.05) is 0 Å². The topological polar surface area (TPSA) is 101 Å². The number of rotatable bonds is 4. The van der Waals surface area contributed by atoms with Crippen LogP contribution < -0.4 is 4.72 Å². The van der Waals surface area contributed by atoms with Crippen LogP contribution in [-0.2, 0) is 17.1 Å². The molecule has 0 bridgehead atoms. The molecule has 11 heteroatoms. The summed E-state index contributed by atoms with van der Waals surface area (Å²) in [5, 5.41) is 13.0. The first-order valence-corrected chi connectivity index (χ1v) is 8.42. The summed E-state index contributed by atoms with van der Waals surface area (Å²) in [6, 6.07) is 1.27. The average Bonchev–Trinajstić information content (AvgIpc) is 2.85. The lowest BCUT2D eigenvalue weighted by molar-refractivity contribution is 0.0698. The highest BCUT2D eigenvalue weighted by Gasteiger charge is 2.24. The average molecular weight is 401 g/mol. The van der Waals surface area contributed by atoms with Gasteiger partial charge >= 0.3 is 5.97 Å². The molecule has 108 valence electrons. The van der Waals surface area contributed by atoms with Crippen LogP contribution in [0.4, 0.5) is 5.82 Å². The van der Waals surface area contributed by atoms with Gasteiger partial charge in [0.25, 0.3) is 10.0 Å². The summed E-state index contributed by atoms with van der Waals surface area (Å²) in [7, 11) is -2.50. The monoisotopic (exact) mass is 399 g/mol. The molecule has 0 aliphatic heterocycles. The number of carbonyl (C=O) groups is 1. The maximum atomic E-state index is 12.2. The summed E-state index contributed by atoms with van der Waals surface area (Å²) in [5.74, 6) is -1.40. The molecule has 0 fully saturated rings. The highest BCUT2D eigenvalue weighted by molar-refractivity contribution is 9.11. The Morgan fingerprint density at radius 2 is 2.25 bits per heavy atom. The smallest absolute Gasteiger partial charge is 0.341 e. The van der Waals surface area contributed by atoms with Gasteiger partial charge < -0.3 is 5.11 Å². The molecule has 2 aromatic rings. The maximum Gasteiger partial charge on any atom is 0.341 e. The summed E-state index contributed by atoms with van der Waals surface area (Å²) in [4.78, 5) is 11.0. The molecule has 2 heterocycles. The molecular formula is C9H7BrClN3O4S2. The molecule has 7 nitrogen and oxygen atoms in total. The van der Waals surface area contributed by atoms with Gasteiger partial charge in [0.2, 0.25) is 0 Å². The van der Waals surface area contributed by atoms with Crippen molar-refractivity contribution in [3.63, 3.8) is 0 Å². The van der Waals surface area contributed by atoms with E-state index in [1.165, 1.54) is 13.1 Å². The summed E-state index contributed by atoms with van der Waals surface area (Å²) in [5.41, 5.74) is -0.238. The summed E-state index contributed by atoms with van der Waals surface area (Å²) >= 11 is 9.83. The molecule has 0 spiro atoms. The van der Waals surface area contributed by atoms with Gasteiger partial charge in [-0.1, -0.05) is 11.6 Å². The van der Waals surface area contributed by atoms with Crippen LogP contribution in [0.25, 0.3) is 0 Å². The van der Waals surface area contributed by atoms with Crippen molar-refractivity contribution < 1.29 is 18.3 Å². The third kappa shape index (κ3) is 2.82. The van der Waals surface area contributed by atoms with Crippen molar-refractivity contribution >= 4 is 60.7 Å². The van der Waals surface area contributed by atoms with Gasteiger partial charge in [-0.25, -0.2) is 13.2 Å². The van der Waals surface area contributed by atoms with E-state index in [9.17, 15) is 13.2 Å². The van der Waals surface area contributed by atoms with Crippen LogP contribution in [0.2, 0.25) is 5.02 Å². The highest BCUT2D eigenvalue weighted by Crippen LogP contribution is 2.35. The molecule has 0 aromatic carbocycles. The second kappa shape index (κ2) is 5.35. The lowest BCUT2D eigenvalue weighted by Gasteiger charge is -2.07. The predicted octanol–water partition coefficient (Wildman–Crippen LogP) is 2.40. The summed E-state index contributed by atoms with van der Waals surface area (Å²) in [6.45, 7) is 0. The maximum absolute atomic E-state index is 12.2.